The molecule has 0 spiro atoms. The van der Waals surface area contributed by atoms with Crippen molar-refractivity contribution in [3.8, 4) is 22.5 Å². The highest BCUT2D eigenvalue weighted by Gasteiger charge is 2.38. The molecule has 1 amide bonds. The molecule has 204 valence electrons. The lowest BCUT2D eigenvalue weighted by Crippen LogP contribution is -2.38. The zero-order valence-corrected chi connectivity index (χ0v) is 21.2. The molecule has 4 aromatic rings. The lowest BCUT2D eigenvalue weighted by molar-refractivity contribution is 0.164. The fraction of sp³-hybridized carbons (Fsp3) is 0.167. The number of hydrogen-bond acceptors (Lipinski definition) is 8. The lowest BCUT2D eigenvalue weighted by Gasteiger charge is -2.23. The van der Waals surface area contributed by atoms with Crippen LogP contribution in [0.2, 0.25) is 0 Å². The summed E-state index contributed by atoms with van der Waals surface area (Å²) in [7, 11) is -5.31. The Balaban J connectivity index is 1.99. The Kier molecular flexibility index (Phi) is 7.53. The van der Waals surface area contributed by atoms with Crippen LogP contribution in [0.15, 0.2) is 53.7 Å². The van der Waals surface area contributed by atoms with Gasteiger partial charge in [0.2, 0.25) is 5.95 Å². The van der Waals surface area contributed by atoms with Crippen molar-refractivity contribution >= 4 is 27.8 Å². The maximum Gasteiger partial charge on any atom is 0.428 e. The van der Waals surface area contributed by atoms with Gasteiger partial charge in [-0.2, -0.15) is 9.40 Å². The number of halogens is 4. The Hall–Kier alpha value is -4.53. The minimum Gasteiger partial charge on any atom is -0.449 e. The topological polar surface area (TPSA) is 133 Å². The van der Waals surface area contributed by atoms with Crippen molar-refractivity contribution < 1.29 is 35.5 Å². The van der Waals surface area contributed by atoms with E-state index in [4.69, 9.17) is 10.5 Å². The van der Waals surface area contributed by atoms with E-state index < -0.39 is 55.5 Å². The quantitative estimate of drug-likeness (QED) is 0.324. The monoisotopic (exact) mass is 564 g/mol. The van der Waals surface area contributed by atoms with Crippen LogP contribution in [0.4, 0.5) is 34.0 Å². The largest absolute Gasteiger partial charge is 0.449 e. The number of rotatable bonds is 7. The molecule has 0 aliphatic carbocycles. The molecule has 0 fully saturated rings. The van der Waals surface area contributed by atoms with E-state index in [1.165, 1.54) is 30.1 Å². The van der Waals surface area contributed by atoms with Crippen LogP contribution in [-0.4, -0.2) is 40.9 Å². The summed E-state index contributed by atoms with van der Waals surface area (Å²) >= 11 is 0. The Bertz CT molecular complexity index is 1680. The van der Waals surface area contributed by atoms with E-state index >= 15 is 8.78 Å². The van der Waals surface area contributed by atoms with Gasteiger partial charge >= 0.3 is 6.09 Å². The molecule has 15 heteroatoms. The average molecular weight is 565 g/mol. The number of sulfonamides is 1. The SMILES string of the molecule is CCOC(=O)N(c1ccc(F)c(-c2nn(CC)cc2-c2ccnc(N)n2)c1F)S(=O)(=O)c1cc(F)ccc1F. The van der Waals surface area contributed by atoms with Crippen LogP contribution < -0.4 is 10.0 Å². The molecule has 0 unspecified atom stereocenters. The molecule has 0 saturated heterocycles. The number of nitrogens with two attached hydrogens (primary N) is 1. The number of nitrogens with zero attached hydrogens (tertiary/aromatic N) is 5. The zero-order chi connectivity index (χ0) is 28.5. The molecule has 0 aliphatic rings. The van der Waals surface area contributed by atoms with Gasteiger partial charge in [-0.05, 0) is 50.2 Å². The van der Waals surface area contributed by atoms with Crippen molar-refractivity contribution in [2.24, 2.45) is 0 Å². The first-order valence-corrected chi connectivity index (χ1v) is 12.7. The summed E-state index contributed by atoms with van der Waals surface area (Å²) in [6.07, 6.45) is 1.11. The van der Waals surface area contributed by atoms with Crippen molar-refractivity contribution in [1.82, 2.24) is 19.7 Å². The van der Waals surface area contributed by atoms with Crippen LogP contribution in [0.5, 0.6) is 0 Å². The number of carbonyl (C=O) groups excluding carboxylic acids is 1. The van der Waals surface area contributed by atoms with Gasteiger partial charge in [-0.25, -0.2) is 40.7 Å². The highest BCUT2D eigenvalue weighted by Crippen LogP contribution is 2.39. The van der Waals surface area contributed by atoms with Crippen molar-refractivity contribution in [3.05, 3.63) is 72.1 Å². The van der Waals surface area contributed by atoms with E-state index in [-0.39, 0.29) is 40.4 Å². The van der Waals surface area contributed by atoms with E-state index in [0.717, 1.165) is 0 Å². The van der Waals surface area contributed by atoms with Crippen LogP contribution in [0.3, 0.4) is 0 Å². The molecule has 0 aliphatic heterocycles. The number of nitrogen functional groups attached to an aromatic ring is 1. The summed E-state index contributed by atoms with van der Waals surface area (Å²) in [6.45, 7) is 2.97. The maximum absolute atomic E-state index is 16.2. The number of amides is 1. The number of carbonyl (C=O) groups is 1. The van der Waals surface area contributed by atoms with Crippen molar-refractivity contribution in [3.63, 3.8) is 0 Å². The van der Waals surface area contributed by atoms with E-state index in [0.29, 0.717) is 30.3 Å². The smallest absolute Gasteiger partial charge is 0.428 e. The third kappa shape index (κ3) is 5.12. The summed E-state index contributed by atoms with van der Waals surface area (Å²) in [5.74, 6) is -5.40. The summed E-state index contributed by atoms with van der Waals surface area (Å²) in [5.41, 5.74) is 3.78. The van der Waals surface area contributed by atoms with Gasteiger partial charge < -0.3 is 10.5 Å². The Morgan fingerprint density at radius 1 is 1.08 bits per heavy atom. The number of hydrogen-bond donors (Lipinski definition) is 1. The molecule has 4 rings (SSSR count). The van der Waals surface area contributed by atoms with Crippen LogP contribution in [0.1, 0.15) is 13.8 Å². The highest BCUT2D eigenvalue weighted by molar-refractivity contribution is 7.93. The number of anilines is 2. The normalized spacial score (nSPS) is 11.4. The fourth-order valence-electron chi connectivity index (χ4n) is 3.68. The molecule has 10 nitrogen and oxygen atoms in total. The van der Waals surface area contributed by atoms with E-state index in [1.807, 2.05) is 0 Å². The molecule has 0 radical (unpaired) electrons. The minimum absolute atomic E-state index is 0.114. The summed E-state index contributed by atoms with van der Waals surface area (Å²) in [6, 6.07) is 4.26. The van der Waals surface area contributed by atoms with Crippen LogP contribution in [-0.2, 0) is 21.3 Å². The van der Waals surface area contributed by atoms with Gasteiger partial charge in [0.25, 0.3) is 10.0 Å². The van der Waals surface area contributed by atoms with Crippen molar-refractivity contribution in [1.29, 1.82) is 0 Å². The molecular formula is C24H20F4N6O4S. The average Bonchev–Trinajstić information content (AvgIpc) is 3.31. The molecular weight excluding hydrogens is 544 g/mol. The van der Waals surface area contributed by atoms with E-state index in [1.54, 1.807) is 6.92 Å². The predicted octanol–water partition coefficient (Wildman–Crippen LogP) is 4.52. The third-order valence-electron chi connectivity index (χ3n) is 5.41. The predicted molar refractivity (Wildman–Crippen MR) is 132 cm³/mol. The second kappa shape index (κ2) is 10.7. The number of ether oxygens (including phenoxy) is 1. The highest BCUT2D eigenvalue weighted by atomic mass is 32.2. The van der Waals surface area contributed by atoms with Gasteiger partial charge in [-0.15, -0.1) is 0 Å². The number of aromatic nitrogens is 4. The second-order valence-corrected chi connectivity index (χ2v) is 9.60. The van der Waals surface area contributed by atoms with Crippen LogP contribution >= 0.6 is 0 Å². The Morgan fingerprint density at radius 3 is 2.46 bits per heavy atom. The summed E-state index contributed by atoms with van der Waals surface area (Å²) in [4.78, 5) is 19.4. The molecule has 2 N–H and O–H groups in total. The molecule has 0 bridgehead atoms. The van der Waals surface area contributed by atoms with Crippen LogP contribution in [0, 0.1) is 23.3 Å². The second-order valence-electron chi connectivity index (χ2n) is 7.85. The molecule has 0 saturated carbocycles. The Labute approximate surface area is 219 Å². The number of aryl methyl sites for hydroxylation is 1. The summed E-state index contributed by atoms with van der Waals surface area (Å²) < 4.78 is 92.4. The molecule has 2 aromatic heterocycles. The minimum atomic E-state index is -5.31. The van der Waals surface area contributed by atoms with Gasteiger partial charge in [-0.1, -0.05) is 0 Å². The van der Waals surface area contributed by atoms with E-state index in [2.05, 4.69) is 15.1 Å². The first-order valence-electron chi connectivity index (χ1n) is 11.3. The molecule has 2 heterocycles. The molecule has 2 aromatic carbocycles. The van der Waals surface area contributed by atoms with E-state index in [9.17, 15) is 22.0 Å². The number of benzene rings is 2. The standard InChI is InChI=1S/C24H20F4N6O4S/c1-3-33-12-14(17-9-10-30-23(29)31-17)22(32-33)20-16(27)7-8-18(21(20)28)34(24(35)38-4-2)39(36,37)19-11-13(25)5-6-15(19)26/h5-12H,3-4H2,1-2H3,(H2,29,30,31). The van der Waals surface area contributed by atoms with Gasteiger partial charge in [0.15, 0.2) is 5.82 Å². The van der Waals surface area contributed by atoms with Gasteiger partial charge in [0.05, 0.1) is 17.9 Å². The maximum atomic E-state index is 16.2. The molecule has 39 heavy (non-hydrogen) atoms. The van der Waals surface area contributed by atoms with Crippen LogP contribution in [0.25, 0.3) is 22.5 Å². The molecule has 0 atom stereocenters. The lowest BCUT2D eigenvalue weighted by atomic mass is 10.0. The fourth-order valence-corrected chi connectivity index (χ4v) is 5.10. The Morgan fingerprint density at radius 2 is 1.79 bits per heavy atom. The zero-order valence-electron chi connectivity index (χ0n) is 20.4. The summed E-state index contributed by atoms with van der Waals surface area (Å²) in [5, 5.41) is 4.20. The van der Waals surface area contributed by atoms with Gasteiger partial charge in [0.1, 0.15) is 33.7 Å². The third-order valence-corrected chi connectivity index (χ3v) is 7.10. The van der Waals surface area contributed by atoms with Crippen molar-refractivity contribution in [2.45, 2.75) is 25.3 Å². The van der Waals surface area contributed by atoms with Crippen molar-refractivity contribution in [2.75, 3.05) is 16.6 Å². The first-order chi connectivity index (χ1) is 18.5. The van der Waals surface area contributed by atoms with Gasteiger partial charge in [-0.3, -0.25) is 4.68 Å². The first kappa shape index (κ1) is 27.5. The van der Waals surface area contributed by atoms with Gasteiger partial charge in [0, 0.05) is 24.5 Å².